The van der Waals surface area contributed by atoms with Crippen LogP contribution in [-0.4, -0.2) is 0 Å². The summed E-state index contributed by atoms with van der Waals surface area (Å²) in [7, 11) is 0. The third kappa shape index (κ3) is 2.01. The lowest BCUT2D eigenvalue weighted by Crippen LogP contribution is -2.12. The molecule has 0 atom stereocenters. The van der Waals surface area contributed by atoms with Gasteiger partial charge in [0.1, 0.15) is 5.69 Å². The average Bonchev–Trinajstić information content (AvgIpc) is 2.31. The maximum absolute atomic E-state index is 8.83. The van der Waals surface area contributed by atoms with Gasteiger partial charge in [-0.05, 0) is 30.2 Å². The van der Waals surface area contributed by atoms with Gasteiger partial charge in [0.2, 0.25) is 5.39 Å². The zero-order valence-electron chi connectivity index (χ0n) is 9.69. The topological polar surface area (TPSA) is 54.2 Å². The molecule has 84 valence electrons. The van der Waals surface area contributed by atoms with Crippen LogP contribution in [0.5, 0.6) is 0 Å². The summed E-state index contributed by atoms with van der Waals surface area (Å²) in [6.45, 7) is 2.30. The predicted molar refractivity (Wildman–Crippen MR) is 66.0 cm³/mol. The SMILES string of the molecule is CC1CCC(c2cccc([N+]#N)c2N)CC1. The van der Waals surface area contributed by atoms with E-state index in [4.69, 9.17) is 11.1 Å². The Bertz CT molecular complexity index is 412. The van der Waals surface area contributed by atoms with Gasteiger partial charge in [-0.15, -0.1) is 0 Å². The fraction of sp³-hybridized carbons (Fsp3) is 0.538. The first kappa shape index (κ1) is 10.9. The second-order valence-corrected chi connectivity index (χ2v) is 4.84. The van der Waals surface area contributed by atoms with Crippen molar-refractivity contribution >= 4 is 11.4 Å². The van der Waals surface area contributed by atoms with Crippen molar-refractivity contribution in [3.8, 4) is 0 Å². The summed E-state index contributed by atoms with van der Waals surface area (Å²) in [6, 6.07) is 5.72. The van der Waals surface area contributed by atoms with Gasteiger partial charge in [0.15, 0.2) is 4.98 Å². The summed E-state index contributed by atoms with van der Waals surface area (Å²) >= 11 is 0. The van der Waals surface area contributed by atoms with Gasteiger partial charge in [-0.3, -0.25) is 0 Å². The number of diazo groups is 1. The van der Waals surface area contributed by atoms with E-state index in [-0.39, 0.29) is 0 Å². The highest BCUT2D eigenvalue weighted by Crippen LogP contribution is 2.40. The molecule has 0 bridgehead atoms. The fourth-order valence-corrected chi connectivity index (χ4v) is 2.58. The Morgan fingerprint density at radius 2 is 1.94 bits per heavy atom. The van der Waals surface area contributed by atoms with Crippen molar-refractivity contribution in [1.82, 2.24) is 0 Å². The molecule has 1 fully saturated rings. The van der Waals surface area contributed by atoms with Crippen LogP contribution in [0.15, 0.2) is 18.2 Å². The van der Waals surface area contributed by atoms with E-state index in [0.29, 0.717) is 17.3 Å². The van der Waals surface area contributed by atoms with Gasteiger partial charge in [0.05, 0.1) is 0 Å². The monoisotopic (exact) mass is 216 g/mol. The van der Waals surface area contributed by atoms with Crippen LogP contribution < -0.4 is 5.73 Å². The highest BCUT2D eigenvalue weighted by molar-refractivity contribution is 5.71. The van der Waals surface area contributed by atoms with Crippen molar-refractivity contribution in [3.05, 3.63) is 28.7 Å². The number of hydrogen-bond acceptors (Lipinski definition) is 2. The van der Waals surface area contributed by atoms with E-state index in [2.05, 4.69) is 18.0 Å². The van der Waals surface area contributed by atoms with Gasteiger partial charge < -0.3 is 5.73 Å². The van der Waals surface area contributed by atoms with E-state index in [1.807, 2.05) is 6.07 Å². The number of nitrogens with zero attached hydrogens (tertiary/aromatic N) is 2. The van der Waals surface area contributed by atoms with Crippen LogP contribution in [0.25, 0.3) is 4.98 Å². The third-order valence-electron chi connectivity index (χ3n) is 3.68. The lowest BCUT2D eigenvalue weighted by molar-refractivity contribution is 0.348. The summed E-state index contributed by atoms with van der Waals surface area (Å²) < 4.78 is 0. The van der Waals surface area contributed by atoms with Crippen LogP contribution in [0.2, 0.25) is 0 Å². The fourth-order valence-electron chi connectivity index (χ4n) is 2.58. The number of hydrogen-bond donors (Lipinski definition) is 1. The van der Waals surface area contributed by atoms with Gasteiger partial charge in [0.25, 0.3) is 0 Å². The Balaban J connectivity index is 2.24. The smallest absolute Gasteiger partial charge is 0.392 e. The lowest BCUT2D eigenvalue weighted by Gasteiger charge is -2.26. The molecular weight excluding hydrogens is 198 g/mol. The Labute approximate surface area is 96.3 Å². The van der Waals surface area contributed by atoms with Gasteiger partial charge in [-0.2, -0.15) is 0 Å². The molecular formula is C13H18N3+. The molecule has 1 saturated carbocycles. The van der Waals surface area contributed by atoms with E-state index in [9.17, 15) is 0 Å². The van der Waals surface area contributed by atoms with Crippen molar-refractivity contribution in [1.29, 1.82) is 5.39 Å². The number of para-hydroxylation sites is 1. The molecule has 2 N–H and O–H groups in total. The quantitative estimate of drug-likeness (QED) is 0.568. The molecule has 0 amide bonds. The van der Waals surface area contributed by atoms with Crippen LogP contribution in [0, 0.1) is 11.3 Å². The summed E-state index contributed by atoms with van der Waals surface area (Å²) in [5.41, 5.74) is 8.30. The lowest BCUT2D eigenvalue weighted by atomic mass is 9.79. The maximum Gasteiger partial charge on any atom is 0.407 e. The molecule has 0 spiro atoms. The van der Waals surface area contributed by atoms with Crippen LogP contribution in [0.1, 0.15) is 44.1 Å². The summed E-state index contributed by atoms with van der Waals surface area (Å²) in [6.07, 6.45) is 4.93. The zero-order valence-corrected chi connectivity index (χ0v) is 9.69. The molecule has 1 aromatic rings. The largest absolute Gasteiger partial charge is 0.407 e. The highest BCUT2D eigenvalue weighted by Gasteiger charge is 2.24. The second kappa shape index (κ2) is 4.52. The number of benzene rings is 1. The van der Waals surface area contributed by atoms with Crippen LogP contribution >= 0.6 is 0 Å². The van der Waals surface area contributed by atoms with Gasteiger partial charge in [-0.1, -0.05) is 31.9 Å². The molecule has 3 nitrogen and oxygen atoms in total. The second-order valence-electron chi connectivity index (χ2n) is 4.84. The van der Waals surface area contributed by atoms with Gasteiger partial charge in [-0.25, -0.2) is 0 Å². The molecule has 0 heterocycles. The molecule has 0 aromatic heterocycles. The summed E-state index contributed by atoms with van der Waals surface area (Å²) in [5, 5.41) is 8.83. The highest BCUT2D eigenvalue weighted by atomic mass is 14.9. The van der Waals surface area contributed by atoms with Crippen molar-refractivity contribution in [2.45, 2.75) is 38.5 Å². The maximum atomic E-state index is 8.83. The van der Waals surface area contributed by atoms with E-state index in [1.54, 1.807) is 6.07 Å². The van der Waals surface area contributed by atoms with Gasteiger partial charge >= 0.3 is 5.69 Å². The normalized spacial score (nSPS) is 25.0. The summed E-state index contributed by atoms with van der Waals surface area (Å²) in [4.78, 5) is 3.22. The van der Waals surface area contributed by atoms with Crippen molar-refractivity contribution < 1.29 is 0 Å². The molecule has 3 heteroatoms. The number of anilines is 1. The van der Waals surface area contributed by atoms with Crippen LogP contribution in [-0.2, 0) is 0 Å². The Morgan fingerprint density at radius 3 is 2.56 bits per heavy atom. The van der Waals surface area contributed by atoms with E-state index < -0.39 is 0 Å². The first-order chi connectivity index (χ1) is 7.72. The summed E-state index contributed by atoms with van der Waals surface area (Å²) in [5.74, 6) is 1.38. The minimum absolute atomic E-state index is 0.496. The number of nitrogens with two attached hydrogens (primary N) is 1. The molecule has 0 radical (unpaired) electrons. The van der Waals surface area contributed by atoms with Crippen molar-refractivity contribution in [2.24, 2.45) is 5.92 Å². The number of nitrogen functional groups attached to an aromatic ring is 1. The van der Waals surface area contributed by atoms with E-state index in [1.165, 1.54) is 25.7 Å². The predicted octanol–water partition coefficient (Wildman–Crippen LogP) is 4.05. The van der Waals surface area contributed by atoms with E-state index >= 15 is 0 Å². The first-order valence-electron chi connectivity index (χ1n) is 5.96. The molecule has 2 rings (SSSR count). The molecule has 1 aliphatic carbocycles. The molecule has 1 aromatic carbocycles. The van der Waals surface area contributed by atoms with Gasteiger partial charge in [0, 0.05) is 6.07 Å². The van der Waals surface area contributed by atoms with Crippen molar-refractivity contribution in [3.63, 3.8) is 0 Å². The molecule has 1 aliphatic rings. The minimum Gasteiger partial charge on any atom is -0.392 e. The molecule has 16 heavy (non-hydrogen) atoms. The minimum atomic E-state index is 0.496. The van der Waals surface area contributed by atoms with Crippen LogP contribution in [0.4, 0.5) is 11.4 Å². The van der Waals surface area contributed by atoms with E-state index in [0.717, 1.165) is 11.5 Å². The zero-order chi connectivity index (χ0) is 11.5. The standard InChI is InChI=1S/C13H18N3/c1-9-5-7-10(8-6-9)11-3-2-4-12(16-15)13(11)14/h2-4,9-10H,5-8,14H2,1H3/q+1. The van der Waals surface area contributed by atoms with Crippen LogP contribution in [0.3, 0.4) is 0 Å². The molecule has 0 unspecified atom stereocenters. The average molecular weight is 216 g/mol. The molecule has 0 aliphatic heterocycles. The number of rotatable bonds is 1. The molecule has 0 saturated heterocycles. The Kier molecular flexibility index (Phi) is 3.09. The van der Waals surface area contributed by atoms with Crippen molar-refractivity contribution in [2.75, 3.05) is 5.73 Å². The first-order valence-corrected chi connectivity index (χ1v) is 5.96. The Morgan fingerprint density at radius 1 is 1.25 bits per heavy atom. The third-order valence-corrected chi connectivity index (χ3v) is 3.68. The Hall–Kier alpha value is -1.56.